The Bertz CT molecular complexity index is 640. The molecule has 2 aromatic rings. The van der Waals surface area contributed by atoms with Crippen molar-refractivity contribution in [2.75, 3.05) is 5.73 Å². The van der Waals surface area contributed by atoms with Gasteiger partial charge in [-0.3, -0.25) is 4.21 Å². The molecule has 100 valence electrons. The van der Waals surface area contributed by atoms with Gasteiger partial charge in [0.25, 0.3) is 0 Å². The number of rotatable bonds is 3. The molecule has 0 aliphatic carbocycles. The zero-order chi connectivity index (χ0) is 14.0. The quantitative estimate of drug-likeness (QED) is 0.874. The standard InChI is InChI=1S/C15H16FNOS/c1-10-3-6-14(17)15(7-10)19(18)9-12-4-5-13(16)8-11(12)2/h3-8H,9,17H2,1-2H3. The minimum absolute atomic E-state index is 0.276. The summed E-state index contributed by atoms with van der Waals surface area (Å²) in [6, 6.07) is 10.0. The normalized spacial score (nSPS) is 12.4. The van der Waals surface area contributed by atoms with Gasteiger partial charge in [-0.05, 0) is 54.8 Å². The van der Waals surface area contributed by atoms with Gasteiger partial charge in [-0.25, -0.2) is 4.39 Å². The van der Waals surface area contributed by atoms with Crippen LogP contribution in [-0.4, -0.2) is 4.21 Å². The molecule has 2 nitrogen and oxygen atoms in total. The third kappa shape index (κ3) is 3.20. The van der Waals surface area contributed by atoms with Crippen LogP contribution >= 0.6 is 0 Å². The van der Waals surface area contributed by atoms with E-state index in [0.717, 1.165) is 16.7 Å². The molecule has 0 aromatic heterocycles. The van der Waals surface area contributed by atoms with E-state index in [9.17, 15) is 8.60 Å². The summed E-state index contributed by atoms with van der Waals surface area (Å²) in [5.41, 5.74) is 9.09. The van der Waals surface area contributed by atoms with E-state index in [1.807, 2.05) is 26.0 Å². The lowest BCUT2D eigenvalue weighted by molar-refractivity contribution is 0.626. The van der Waals surface area contributed by atoms with Gasteiger partial charge in [0.05, 0.1) is 21.4 Å². The van der Waals surface area contributed by atoms with Gasteiger partial charge in [0.15, 0.2) is 0 Å². The number of aryl methyl sites for hydroxylation is 2. The molecule has 2 N–H and O–H groups in total. The SMILES string of the molecule is Cc1ccc(N)c(S(=O)Cc2ccc(F)cc2C)c1. The molecule has 0 aliphatic rings. The van der Waals surface area contributed by atoms with Gasteiger partial charge in [0.2, 0.25) is 0 Å². The topological polar surface area (TPSA) is 43.1 Å². The molecule has 0 heterocycles. The smallest absolute Gasteiger partial charge is 0.123 e. The van der Waals surface area contributed by atoms with Crippen LogP contribution in [0.25, 0.3) is 0 Å². The average molecular weight is 277 g/mol. The summed E-state index contributed by atoms with van der Waals surface area (Å²) in [7, 11) is -1.22. The average Bonchev–Trinajstić information content (AvgIpc) is 2.35. The fourth-order valence-electron chi connectivity index (χ4n) is 1.88. The molecule has 0 spiro atoms. The first kappa shape index (κ1) is 13.7. The Balaban J connectivity index is 2.28. The van der Waals surface area contributed by atoms with Gasteiger partial charge in [-0.15, -0.1) is 0 Å². The van der Waals surface area contributed by atoms with Crippen molar-refractivity contribution in [2.45, 2.75) is 24.5 Å². The largest absolute Gasteiger partial charge is 0.398 e. The number of halogens is 1. The first-order valence-electron chi connectivity index (χ1n) is 5.97. The van der Waals surface area contributed by atoms with E-state index in [2.05, 4.69) is 0 Å². The minimum Gasteiger partial charge on any atom is -0.398 e. The maximum Gasteiger partial charge on any atom is 0.123 e. The van der Waals surface area contributed by atoms with E-state index in [1.165, 1.54) is 12.1 Å². The van der Waals surface area contributed by atoms with Crippen molar-refractivity contribution < 1.29 is 8.60 Å². The number of anilines is 1. The Morgan fingerprint density at radius 1 is 1.16 bits per heavy atom. The van der Waals surface area contributed by atoms with Crippen LogP contribution in [0.1, 0.15) is 16.7 Å². The van der Waals surface area contributed by atoms with Gasteiger partial charge < -0.3 is 5.73 Å². The second kappa shape index (κ2) is 5.53. The maximum absolute atomic E-state index is 13.0. The van der Waals surface area contributed by atoms with Crippen molar-refractivity contribution in [2.24, 2.45) is 0 Å². The van der Waals surface area contributed by atoms with E-state index in [4.69, 9.17) is 5.73 Å². The second-order valence-electron chi connectivity index (χ2n) is 4.60. The third-order valence-electron chi connectivity index (χ3n) is 3.01. The van der Waals surface area contributed by atoms with Gasteiger partial charge in [-0.2, -0.15) is 0 Å². The molecule has 2 aromatic carbocycles. The minimum atomic E-state index is -1.22. The molecule has 19 heavy (non-hydrogen) atoms. The van der Waals surface area contributed by atoms with Crippen LogP contribution in [0.4, 0.5) is 10.1 Å². The molecule has 2 rings (SSSR count). The molecule has 0 bridgehead atoms. The Morgan fingerprint density at radius 2 is 1.89 bits per heavy atom. The van der Waals surface area contributed by atoms with Crippen LogP contribution in [0.5, 0.6) is 0 Å². The maximum atomic E-state index is 13.0. The molecule has 0 amide bonds. The van der Waals surface area contributed by atoms with Crippen molar-refractivity contribution in [1.82, 2.24) is 0 Å². The number of benzene rings is 2. The predicted molar refractivity (Wildman–Crippen MR) is 76.8 cm³/mol. The van der Waals surface area contributed by atoms with Crippen LogP contribution in [-0.2, 0) is 16.6 Å². The molecule has 0 aliphatic heterocycles. The fourth-order valence-corrected chi connectivity index (χ4v) is 3.29. The highest BCUT2D eigenvalue weighted by Crippen LogP contribution is 2.22. The van der Waals surface area contributed by atoms with Crippen LogP contribution < -0.4 is 5.73 Å². The molecule has 0 saturated carbocycles. The number of nitrogen functional groups attached to an aromatic ring is 1. The van der Waals surface area contributed by atoms with E-state index in [1.54, 1.807) is 12.1 Å². The summed E-state index contributed by atoms with van der Waals surface area (Å²) >= 11 is 0. The first-order chi connectivity index (χ1) is 8.97. The van der Waals surface area contributed by atoms with Gasteiger partial charge in [0, 0.05) is 5.69 Å². The van der Waals surface area contributed by atoms with Gasteiger partial charge >= 0.3 is 0 Å². The van der Waals surface area contributed by atoms with Crippen molar-refractivity contribution in [3.63, 3.8) is 0 Å². The van der Waals surface area contributed by atoms with Crippen LogP contribution in [0.15, 0.2) is 41.3 Å². The fraction of sp³-hybridized carbons (Fsp3) is 0.200. The zero-order valence-corrected chi connectivity index (χ0v) is 11.8. The molecular formula is C15H16FNOS. The van der Waals surface area contributed by atoms with E-state index >= 15 is 0 Å². The van der Waals surface area contributed by atoms with E-state index < -0.39 is 10.8 Å². The second-order valence-corrected chi connectivity index (χ2v) is 6.02. The molecule has 1 atom stereocenters. The molecule has 4 heteroatoms. The first-order valence-corrected chi connectivity index (χ1v) is 7.29. The molecule has 0 saturated heterocycles. The summed E-state index contributed by atoms with van der Waals surface area (Å²) in [6.45, 7) is 3.75. The summed E-state index contributed by atoms with van der Waals surface area (Å²) in [5.74, 6) is 0.0712. The lowest BCUT2D eigenvalue weighted by atomic mass is 10.1. The Morgan fingerprint density at radius 3 is 2.58 bits per heavy atom. The van der Waals surface area contributed by atoms with Crippen LogP contribution in [0.3, 0.4) is 0 Å². The Labute approximate surface area is 114 Å². The zero-order valence-electron chi connectivity index (χ0n) is 10.9. The van der Waals surface area contributed by atoms with E-state index in [-0.39, 0.29) is 5.82 Å². The molecular weight excluding hydrogens is 261 g/mol. The van der Waals surface area contributed by atoms with Gasteiger partial charge in [0.1, 0.15) is 5.82 Å². The Hall–Kier alpha value is -1.68. The van der Waals surface area contributed by atoms with Crippen LogP contribution in [0, 0.1) is 19.7 Å². The molecule has 1 unspecified atom stereocenters. The predicted octanol–water partition coefficient (Wildman–Crippen LogP) is 3.33. The molecule has 0 fully saturated rings. The van der Waals surface area contributed by atoms with Crippen molar-refractivity contribution in [3.8, 4) is 0 Å². The van der Waals surface area contributed by atoms with Crippen molar-refractivity contribution >= 4 is 16.5 Å². The highest BCUT2D eigenvalue weighted by atomic mass is 32.2. The lowest BCUT2D eigenvalue weighted by Gasteiger charge is -2.09. The Kier molecular flexibility index (Phi) is 4.00. The number of hydrogen-bond acceptors (Lipinski definition) is 2. The summed E-state index contributed by atoms with van der Waals surface area (Å²) in [6.07, 6.45) is 0. The summed E-state index contributed by atoms with van der Waals surface area (Å²) in [5, 5.41) is 0. The van der Waals surface area contributed by atoms with E-state index in [0.29, 0.717) is 16.3 Å². The van der Waals surface area contributed by atoms with Crippen molar-refractivity contribution in [3.05, 3.63) is 58.9 Å². The highest BCUT2D eigenvalue weighted by molar-refractivity contribution is 7.84. The van der Waals surface area contributed by atoms with Crippen molar-refractivity contribution in [1.29, 1.82) is 0 Å². The number of hydrogen-bond donors (Lipinski definition) is 1. The third-order valence-corrected chi connectivity index (χ3v) is 4.42. The summed E-state index contributed by atoms with van der Waals surface area (Å²) < 4.78 is 25.4. The molecule has 0 radical (unpaired) electrons. The lowest BCUT2D eigenvalue weighted by Crippen LogP contribution is -2.02. The van der Waals surface area contributed by atoms with Gasteiger partial charge in [-0.1, -0.05) is 12.1 Å². The summed E-state index contributed by atoms with van der Waals surface area (Å²) in [4.78, 5) is 0.642. The highest BCUT2D eigenvalue weighted by Gasteiger charge is 2.11. The monoisotopic (exact) mass is 277 g/mol. The van der Waals surface area contributed by atoms with Crippen LogP contribution in [0.2, 0.25) is 0 Å². The number of nitrogens with two attached hydrogens (primary N) is 1.